The highest BCUT2D eigenvalue weighted by Crippen LogP contribution is 1.86. The molecule has 0 atom stereocenters. The molecule has 0 aliphatic carbocycles. The second-order valence-electron chi connectivity index (χ2n) is 1.10. The maximum atomic E-state index is 8.05. The molecule has 0 aliphatic rings. The predicted molar refractivity (Wildman–Crippen MR) is 29.5 cm³/mol. The lowest BCUT2D eigenvalue weighted by Crippen LogP contribution is -1.61. The van der Waals surface area contributed by atoms with E-state index in [2.05, 4.69) is 6.58 Å². The van der Waals surface area contributed by atoms with E-state index in [1.165, 1.54) is 12.2 Å². The van der Waals surface area contributed by atoms with Crippen LogP contribution in [0.15, 0.2) is 24.3 Å². The molecule has 2 heteroatoms. The van der Waals surface area contributed by atoms with Crippen molar-refractivity contribution in [1.82, 2.24) is 0 Å². The Labute approximate surface area is 48.0 Å². The monoisotopic (exact) mass is 104 g/mol. The number of nitrogens with zero attached hydrogens (tertiary/aromatic N) is 2. The van der Waals surface area contributed by atoms with Crippen molar-refractivity contribution >= 4 is 0 Å². The number of hydrogen-bond donors (Lipinski definition) is 0. The summed E-state index contributed by atoms with van der Waals surface area (Å²) in [5.74, 6) is 0. The van der Waals surface area contributed by atoms with Crippen molar-refractivity contribution in [2.24, 2.45) is 0 Å². The van der Waals surface area contributed by atoms with Crippen molar-refractivity contribution in [3.05, 3.63) is 24.3 Å². The lowest BCUT2D eigenvalue weighted by Gasteiger charge is -1.71. The maximum Gasteiger partial charge on any atom is 0.0985 e. The first-order valence-corrected chi connectivity index (χ1v) is 1.96. The van der Waals surface area contributed by atoms with Crippen LogP contribution in [-0.4, -0.2) is 0 Å². The van der Waals surface area contributed by atoms with E-state index < -0.39 is 0 Å². The van der Waals surface area contributed by atoms with E-state index in [1.54, 1.807) is 12.1 Å². The van der Waals surface area contributed by atoms with Crippen molar-refractivity contribution in [2.75, 3.05) is 0 Å². The summed E-state index contributed by atoms with van der Waals surface area (Å²) in [6.07, 6.45) is 2.57. The summed E-state index contributed by atoms with van der Waals surface area (Å²) in [5.41, 5.74) is 0.298. The summed E-state index contributed by atoms with van der Waals surface area (Å²) < 4.78 is 0. The average Bonchev–Trinajstić information content (AvgIpc) is 1.83. The largest absolute Gasteiger partial charge is 0.193 e. The van der Waals surface area contributed by atoms with Crippen LogP contribution in [0.5, 0.6) is 0 Å². The molecule has 0 aliphatic heterocycles. The zero-order valence-corrected chi connectivity index (χ0v) is 4.26. The lowest BCUT2D eigenvalue weighted by molar-refractivity contribution is 1.50. The second-order valence-corrected chi connectivity index (χ2v) is 1.10. The highest BCUT2D eigenvalue weighted by molar-refractivity contribution is 5.31. The Bertz CT molecular complexity index is 188. The molecule has 0 aromatic carbocycles. The van der Waals surface area contributed by atoms with Gasteiger partial charge in [-0.1, -0.05) is 6.58 Å². The van der Waals surface area contributed by atoms with Crippen molar-refractivity contribution in [1.29, 1.82) is 10.5 Å². The van der Waals surface area contributed by atoms with Gasteiger partial charge in [-0.2, -0.15) is 10.5 Å². The molecule has 0 rings (SSSR count). The molecule has 8 heavy (non-hydrogen) atoms. The lowest BCUT2D eigenvalue weighted by atomic mass is 10.3. The van der Waals surface area contributed by atoms with Gasteiger partial charge in [0.15, 0.2) is 0 Å². The number of rotatable bonds is 1. The fourth-order valence-corrected chi connectivity index (χ4v) is 0.175. The molecular weight excluding hydrogens is 100 g/mol. The molecule has 0 spiro atoms. The SMILES string of the molecule is C=C(C#N)/C=C/C#N. The third kappa shape index (κ3) is 2.68. The third-order valence-corrected chi connectivity index (χ3v) is 0.503. The predicted octanol–water partition coefficient (Wildman–Crippen LogP) is 1.15. The quantitative estimate of drug-likeness (QED) is 0.370. The van der Waals surface area contributed by atoms with Gasteiger partial charge in [-0.05, 0) is 6.08 Å². The normalized spacial score (nSPS) is 7.75. The van der Waals surface area contributed by atoms with Crippen molar-refractivity contribution < 1.29 is 0 Å². The number of nitriles is 2. The molecule has 0 heterocycles. The summed E-state index contributed by atoms with van der Waals surface area (Å²) in [7, 11) is 0. The maximum absolute atomic E-state index is 8.05. The van der Waals surface area contributed by atoms with E-state index in [0.29, 0.717) is 5.57 Å². The van der Waals surface area contributed by atoms with E-state index in [4.69, 9.17) is 10.5 Å². The van der Waals surface area contributed by atoms with Crippen LogP contribution in [0.3, 0.4) is 0 Å². The highest BCUT2D eigenvalue weighted by Gasteiger charge is 1.76. The van der Waals surface area contributed by atoms with Gasteiger partial charge in [0.25, 0.3) is 0 Å². The van der Waals surface area contributed by atoms with Crippen LogP contribution in [0.4, 0.5) is 0 Å². The Morgan fingerprint density at radius 2 is 2.12 bits per heavy atom. The highest BCUT2D eigenvalue weighted by atomic mass is 14.2. The van der Waals surface area contributed by atoms with Crippen LogP contribution in [0.1, 0.15) is 0 Å². The minimum atomic E-state index is 0.298. The summed E-state index contributed by atoms with van der Waals surface area (Å²) in [6, 6.07) is 3.51. The Kier molecular flexibility index (Phi) is 2.94. The Hall–Kier alpha value is -1.54. The summed E-state index contributed by atoms with van der Waals surface area (Å²) in [6.45, 7) is 3.31. The molecule has 0 aromatic heterocycles. The first-order chi connectivity index (χ1) is 3.81. The second kappa shape index (κ2) is 3.64. The van der Waals surface area contributed by atoms with Gasteiger partial charge in [-0.3, -0.25) is 0 Å². The van der Waals surface area contributed by atoms with E-state index in [-0.39, 0.29) is 0 Å². The van der Waals surface area contributed by atoms with E-state index in [9.17, 15) is 0 Å². The molecule has 2 nitrogen and oxygen atoms in total. The van der Waals surface area contributed by atoms with Gasteiger partial charge < -0.3 is 0 Å². The zero-order chi connectivity index (χ0) is 6.41. The third-order valence-electron chi connectivity index (χ3n) is 0.503. The van der Waals surface area contributed by atoms with Crippen molar-refractivity contribution in [2.45, 2.75) is 0 Å². The molecule has 0 N–H and O–H groups in total. The van der Waals surface area contributed by atoms with Gasteiger partial charge in [0.2, 0.25) is 0 Å². The topological polar surface area (TPSA) is 47.6 Å². The summed E-state index contributed by atoms with van der Waals surface area (Å²) in [4.78, 5) is 0. The Morgan fingerprint density at radius 1 is 1.50 bits per heavy atom. The van der Waals surface area contributed by atoms with E-state index >= 15 is 0 Å². The molecule has 0 aromatic rings. The van der Waals surface area contributed by atoms with Gasteiger partial charge in [-0.25, -0.2) is 0 Å². The van der Waals surface area contributed by atoms with Gasteiger partial charge >= 0.3 is 0 Å². The van der Waals surface area contributed by atoms with Crippen LogP contribution in [0, 0.1) is 22.7 Å². The molecular formula is C6H4N2. The molecule has 0 unspecified atom stereocenters. The minimum absolute atomic E-state index is 0.298. The minimum Gasteiger partial charge on any atom is -0.193 e. The van der Waals surface area contributed by atoms with Crippen LogP contribution < -0.4 is 0 Å². The summed E-state index contributed by atoms with van der Waals surface area (Å²) in [5, 5.41) is 16.0. The molecule has 0 bridgehead atoms. The van der Waals surface area contributed by atoms with Gasteiger partial charge in [0.1, 0.15) is 0 Å². The number of allylic oxidation sites excluding steroid dienone is 3. The molecule has 0 amide bonds. The van der Waals surface area contributed by atoms with Gasteiger partial charge in [0.05, 0.1) is 12.1 Å². The van der Waals surface area contributed by atoms with Crippen LogP contribution >= 0.6 is 0 Å². The van der Waals surface area contributed by atoms with Crippen LogP contribution in [0.2, 0.25) is 0 Å². The van der Waals surface area contributed by atoms with Gasteiger partial charge in [-0.15, -0.1) is 0 Å². The molecule has 0 saturated carbocycles. The Balaban J connectivity index is 3.81. The van der Waals surface area contributed by atoms with Crippen molar-refractivity contribution in [3.8, 4) is 12.1 Å². The first-order valence-electron chi connectivity index (χ1n) is 1.96. The van der Waals surface area contributed by atoms with Crippen LogP contribution in [-0.2, 0) is 0 Å². The Morgan fingerprint density at radius 3 is 2.50 bits per heavy atom. The molecule has 38 valence electrons. The van der Waals surface area contributed by atoms with Crippen molar-refractivity contribution in [3.63, 3.8) is 0 Å². The molecule has 0 fully saturated rings. The molecule has 0 saturated heterocycles. The fourth-order valence-electron chi connectivity index (χ4n) is 0.175. The molecule has 0 radical (unpaired) electrons. The van der Waals surface area contributed by atoms with Crippen LogP contribution in [0.25, 0.3) is 0 Å². The smallest absolute Gasteiger partial charge is 0.0985 e. The zero-order valence-electron chi connectivity index (χ0n) is 4.26. The average molecular weight is 104 g/mol. The summed E-state index contributed by atoms with van der Waals surface area (Å²) >= 11 is 0. The van der Waals surface area contributed by atoms with E-state index in [0.717, 1.165) is 0 Å². The van der Waals surface area contributed by atoms with Gasteiger partial charge in [0, 0.05) is 11.6 Å². The first kappa shape index (κ1) is 6.46. The fraction of sp³-hybridized carbons (Fsp3) is 0. The number of hydrogen-bond acceptors (Lipinski definition) is 2. The van der Waals surface area contributed by atoms with E-state index in [1.807, 2.05) is 0 Å². The standard InChI is InChI=1S/C6H4N2/c1-6(5-8)3-2-4-7/h2-3H,1H2/b3-2+.